The van der Waals surface area contributed by atoms with Crippen molar-refractivity contribution < 1.29 is 9.13 Å². The Morgan fingerprint density at radius 3 is 2.69 bits per heavy atom. The minimum atomic E-state index is -0.284. The van der Waals surface area contributed by atoms with Gasteiger partial charge in [-0.3, -0.25) is 0 Å². The van der Waals surface area contributed by atoms with Crippen molar-refractivity contribution in [1.29, 1.82) is 0 Å². The Hall–Kier alpha value is -3.15. The lowest BCUT2D eigenvalue weighted by Gasteiger charge is -2.20. The van der Waals surface area contributed by atoms with Gasteiger partial charge in [-0.25, -0.2) is 14.1 Å². The molecule has 0 saturated carbocycles. The topological polar surface area (TPSA) is 55.7 Å². The molecule has 0 radical (unpaired) electrons. The molecule has 0 aliphatic rings. The van der Waals surface area contributed by atoms with Gasteiger partial charge < -0.3 is 9.72 Å². The molecule has 0 unspecified atom stereocenters. The van der Waals surface area contributed by atoms with Gasteiger partial charge >= 0.3 is 0 Å². The predicted molar refractivity (Wildman–Crippen MR) is 98.4 cm³/mol. The quantitative estimate of drug-likeness (QED) is 0.567. The van der Waals surface area contributed by atoms with Gasteiger partial charge in [0.25, 0.3) is 0 Å². The van der Waals surface area contributed by atoms with Gasteiger partial charge in [0.15, 0.2) is 5.82 Å². The molecule has 1 aromatic carbocycles. The normalized spacial score (nSPS) is 11.8. The van der Waals surface area contributed by atoms with Crippen LogP contribution in [-0.4, -0.2) is 19.7 Å². The lowest BCUT2D eigenvalue weighted by atomic mass is 9.87. The molecule has 1 N–H and O–H groups in total. The van der Waals surface area contributed by atoms with Gasteiger partial charge in [0.1, 0.15) is 17.2 Å². The van der Waals surface area contributed by atoms with E-state index in [-0.39, 0.29) is 11.2 Å². The zero-order valence-corrected chi connectivity index (χ0v) is 14.8. The molecule has 0 saturated heterocycles. The van der Waals surface area contributed by atoms with E-state index in [1.165, 1.54) is 6.07 Å². The highest BCUT2D eigenvalue weighted by Crippen LogP contribution is 2.29. The number of aromatic nitrogens is 4. The van der Waals surface area contributed by atoms with Crippen LogP contribution in [0.1, 0.15) is 26.3 Å². The fourth-order valence-electron chi connectivity index (χ4n) is 2.83. The molecule has 0 fully saturated rings. The maximum atomic E-state index is 14.3. The van der Waals surface area contributed by atoms with E-state index in [9.17, 15) is 4.39 Å². The Kier molecular flexibility index (Phi) is 3.76. The van der Waals surface area contributed by atoms with Crippen LogP contribution in [0.4, 0.5) is 4.39 Å². The number of pyridine rings is 1. The van der Waals surface area contributed by atoms with Crippen molar-refractivity contribution in [2.75, 3.05) is 0 Å². The van der Waals surface area contributed by atoms with Crippen molar-refractivity contribution in [3.63, 3.8) is 0 Å². The highest BCUT2D eigenvalue weighted by Gasteiger charge is 2.19. The molecule has 3 heterocycles. The van der Waals surface area contributed by atoms with Crippen LogP contribution in [-0.2, 0) is 5.41 Å². The molecule has 0 aliphatic carbocycles. The third-order valence-corrected chi connectivity index (χ3v) is 4.17. The Balaban J connectivity index is 1.57. The Labute approximate surface area is 150 Å². The molecule has 0 bridgehead atoms. The highest BCUT2D eigenvalue weighted by atomic mass is 19.1. The first kappa shape index (κ1) is 16.3. The smallest absolute Gasteiger partial charge is 0.238 e. The molecule has 5 nitrogen and oxygen atoms in total. The predicted octanol–water partition coefficient (Wildman–Crippen LogP) is 4.98. The van der Waals surface area contributed by atoms with Gasteiger partial charge in [0.2, 0.25) is 5.88 Å². The standard InChI is InChI=1S/C20H19FN4O/c1-20(2,3)15-6-5-14(12-16(15)21)26-18-9-11-25(24-18)17-7-4-13-8-10-22-19(13)23-17/h4-12H,1-3H3,(H,22,23). The van der Waals surface area contributed by atoms with E-state index in [4.69, 9.17) is 4.74 Å². The maximum Gasteiger partial charge on any atom is 0.238 e. The van der Waals surface area contributed by atoms with Crippen molar-refractivity contribution >= 4 is 11.0 Å². The Morgan fingerprint density at radius 1 is 1.08 bits per heavy atom. The van der Waals surface area contributed by atoms with Crippen LogP contribution >= 0.6 is 0 Å². The van der Waals surface area contributed by atoms with Crippen LogP contribution in [0.3, 0.4) is 0 Å². The second kappa shape index (κ2) is 5.98. The van der Waals surface area contributed by atoms with Gasteiger partial charge in [0.05, 0.1) is 0 Å². The van der Waals surface area contributed by atoms with Crippen molar-refractivity contribution in [2.45, 2.75) is 26.2 Å². The summed E-state index contributed by atoms with van der Waals surface area (Å²) >= 11 is 0. The van der Waals surface area contributed by atoms with Gasteiger partial charge in [-0.1, -0.05) is 26.8 Å². The molecular formula is C20H19FN4O. The molecule has 26 heavy (non-hydrogen) atoms. The van der Waals surface area contributed by atoms with E-state index in [0.717, 1.165) is 11.0 Å². The average Bonchev–Trinajstić information content (AvgIpc) is 3.21. The third-order valence-electron chi connectivity index (χ3n) is 4.17. The zero-order chi connectivity index (χ0) is 18.3. The summed E-state index contributed by atoms with van der Waals surface area (Å²) in [5, 5.41) is 5.40. The number of hydrogen-bond donors (Lipinski definition) is 1. The van der Waals surface area contributed by atoms with Crippen molar-refractivity contribution in [2.24, 2.45) is 0 Å². The molecular weight excluding hydrogens is 331 g/mol. The first-order valence-electron chi connectivity index (χ1n) is 8.38. The monoisotopic (exact) mass is 350 g/mol. The summed E-state index contributed by atoms with van der Waals surface area (Å²) < 4.78 is 21.6. The van der Waals surface area contributed by atoms with Gasteiger partial charge in [-0.05, 0) is 35.2 Å². The van der Waals surface area contributed by atoms with Gasteiger partial charge in [-0.2, -0.15) is 0 Å². The second-order valence-electron chi connectivity index (χ2n) is 7.18. The number of benzene rings is 1. The highest BCUT2D eigenvalue weighted by molar-refractivity contribution is 5.76. The second-order valence-corrected chi connectivity index (χ2v) is 7.18. The number of H-pyrrole nitrogens is 1. The fourth-order valence-corrected chi connectivity index (χ4v) is 2.83. The van der Waals surface area contributed by atoms with Crippen LogP contribution in [0.5, 0.6) is 11.6 Å². The van der Waals surface area contributed by atoms with E-state index in [1.807, 2.05) is 45.2 Å². The first-order chi connectivity index (χ1) is 12.4. The van der Waals surface area contributed by atoms with Crippen LogP contribution < -0.4 is 4.74 Å². The largest absolute Gasteiger partial charge is 0.437 e. The Morgan fingerprint density at radius 2 is 1.92 bits per heavy atom. The number of nitrogens with one attached hydrogen (secondary N) is 1. The van der Waals surface area contributed by atoms with E-state index >= 15 is 0 Å². The van der Waals surface area contributed by atoms with E-state index < -0.39 is 0 Å². The number of hydrogen-bond acceptors (Lipinski definition) is 3. The van der Waals surface area contributed by atoms with Crippen LogP contribution in [0.15, 0.2) is 54.9 Å². The Bertz CT molecular complexity index is 1070. The molecule has 3 aromatic heterocycles. The average molecular weight is 350 g/mol. The zero-order valence-electron chi connectivity index (χ0n) is 14.8. The summed E-state index contributed by atoms with van der Waals surface area (Å²) in [5.41, 5.74) is 1.19. The summed E-state index contributed by atoms with van der Waals surface area (Å²) in [7, 11) is 0. The fraction of sp³-hybridized carbons (Fsp3) is 0.200. The summed E-state index contributed by atoms with van der Waals surface area (Å²) in [6, 6.07) is 12.4. The van der Waals surface area contributed by atoms with Crippen LogP contribution in [0.25, 0.3) is 16.9 Å². The number of rotatable bonds is 3. The lowest BCUT2D eigenvalue weighted by molar-refractivity contribution is 0.448. The number of halogens is 1. The third kappa shape index (κ3) is 3.06. The maximum absolute atomic E-state index is 14.3. The summed E-state index contributed by atoms with van der Waals surface area (Å²) in [6.07, 6.45) is 3.60. The molecule has 0 amide bonds. The SMILES string of the molecule is CC(C)(C)c1ccc(Oc2ccn(-c3ccc4cc[nH]c4n3)n2)cc1F. The van der Waals surface area contributed by atoms with Crippen molar-refractivity contribution in [3.8, 4) is 17.4 Å². The molecule has 0 atom stereocenters. The van der Waals surface area contributed by atoms with E-state index in [1.54, 1.807) is 29.1 Å². The number of ether oxygens (including phenoxy) is 1. The molecule has 0 spiro atoms. The van der Waals surface area contributed by atoms with Crippen LogP contribution in [0.2, 0.25) is 0 Å². The first-order valence-corrected chi connectivity index (χ1v) is 8.38. The molecule has 4 aromatic rings. The molecule has 0 aliphatic heterocycles. The van der Waals surface area contributed by atoms with E-state index in [0.29, 0.717) is 23.0 Å². The number of aromatic amines is 1. The molecule has 6 heteroatoms. The number of fused-ring (bicyclic) bond motifs is 1. The number of nitrogens with zero attached hydrogens (tertiary/aromatic N) is 3. The molecule has 132 valence electrons. The summed E-state index contributed by atoms with van der Waals surface area (Å²) in [5.74, 6) is 1.17. The van der Waals surface area contributed by atoms with Crippen molar-refractivity contribution in [3.05, 3.63) is 66.2 Å². The molecule has 4 rings (SSSR count). The van der Waals surface area contributed by atoms with Gasteiger partial charge in [-0.15, -0.1) is 5.10 Å². The van der Waals surface area contributed by atoms with Gasteiger partial charge in [0, 0.05) is 29.9 Å². The summed E-state index contributed by atoms with van der Waals surface area (Å²) in [6.45, 7) is 5.92. The van der Waals surface area contributed by atoms with E-state index in [2.05, 4.69) is 15.1 Å². The minimum absolute atomic E-state index is 0.258. The van der Waals surface area contributed by atoms with Crippen LogP contribution in [0, 0.1) is 5.82 Å². The lowest BCUT2D eigenvalue weighted by Crippen LogP contribution is -2.13. The summed E-state index contributed by atoms with van der Waals surface area (Å²) in [4.78, 5) is 7.58. The minimum Gasteiger partial charge on any atom is -0.437 e. The van der Waals surface area contributed by atoms with Crippen molar-refractivity contribution in [1.82, 2.24) is 19.7 Å².